The van der Waals surface area contributed by atoms with E-state index in [0.29, 0.717) is 37.1 Å². The van der Waals surface area contributed by atoms with Gasteiger partial charge in [0.25, 0.3) is 0 Å². The Morgan fingerprint density at radius 2 is 2.03 bits per heavy atom. The van der Waals surface area contributed by atoms with Crippen LogP contribution in [0.25, 0.3) is 33.3 Å². The van der Waals surface area contributed by atoms with Crippen LogP contribution >= 0.6 is 0 Å². The van der Waals surface area contributed by atoms with Crippen molar-refractivity contribution in [3.05, 3.63) is 53.5 Å². The Balaban J connectivity index is 1.78. The zero-order chi connectivity index (χ0) is 31.8. The number of aromatic nitrogens is 8. The molecule has 5 aromatic rings. The summed E-state index contributed by atoms with van der Waals surface area (Å²) in [5.74, 6) is -0.769. The molecular weight excluding hydrogens is 487 g/mol. The molecule has 0 aromatic carbocycles. The maximum absolute atomic E-state index is 15.7. The molecule has 0 amide bonds. The van der Waals surface area contributed by atoms with Gasteiger partial charge < -0.3 is 14.4 Å². The number of halogens is 1. The molecule has 0 aliphatic carbocycles. The molecule has 1 fully saturated rings. The first-order chi connectivity index (χ1) is 20.6. The number of pyridine rings is 2. The third-order valence-electron chi connectivity index (χ3n) is 7.19. The van der Waals surface area contributed by atoms with Gasteiger partial charge in [-0.3, -0.25) is 14.6 Å². The van der Waals surface area contributed by atoms with Gasteiger partial charge in [0.05, 0.1) is 39.9 Å². The lowest BCUT2D eigenvalue weighted by Gasteiger charge is -2.33. The summed E-state index contributed by atoms with van der Waals surface area (Å²) in [6.45, 7) is -1.55. The van der Waals surface area contributed by atoms with Crippen molar-refractivity contribution in [3.63, 3.8) is 0 Å². The molecule has 1 N–H and O–H groups in total. The Morgan fingerprint density at radius 1 is 1.21 bits per heavy atom. The number of hydrogen-bond acceptors (Lipinski definition) is 7. The monoisotopic (exact) mass is 524 g/mol. The predicted octanol–water partition coefficient (Wildman–Crippen LogP) is 3.80. The molecule has 1 saturated heterocycles. The molecular formula is C27H31FN8O2. The van der Waals surface area contributed by atoms with Crippen LogP contribution in [0.15, 0.2) is 30.6 Å². The molecule has 0 radical (unpaired) electrons. The Morgan fingerprint density at radius 3 is 2.74 bits per heavy atom. The van der Waals surface area contributed by atoms with Crippen LogP contribution in [0.4, 0.5) is 4.39 Å². The number of rotatable bonds is 5. The maximum Gasteiger partial charge on any atom is 0.146 e. The van der Waals surface area contributed by atoms with Crippen LogP contribution in [0.3, 0.4) is 0 Å². The van der Waals surface area contributed by atoms with Crippen molar-refractivity contribution in [1.82, 2.24) is 39.3 Å². The average Bonchev–Trinajstić information content (AvgIpc) is 3.61. The smallest absolute Gasteiger partial charge is 0.146 e. The second-order valence-corrected chi connectivity index (χ2v) is 10.2. The largest absolute Gasteiger partial charge is 0.384 e. The lowest BCUT2D eigenvalue weighted by molar-refractivity contribution is 0.0536. The highest BCUT2D eigenvalue weighted by atomic mass is 19.1. The van der Waals surface area contributed by atoms with E-state index in [2.05, 4.69) is 25.4 Å². The molecule has 1 atom stereocenters. The van der Waals surface area contributed by atoms with Gasteiger partial charge in [-0.05, 0) is 57.7 Å². The first-order valence-corrected chi connectivity index (χ1v) is 12.3. The van der Waals surface area contributed by atoms with E-state index in [0.717, 1.165) is 4.68 Å². The maximum atomic E-state index is 15.7. The molecule has 10 nitrogen and oxygen atoms in total. The molecule has 198 valence electrons. The molecule has 0 spiro atoms. The molecule has 0 saturated carbocycles. The van der Waals surface area contributed by atoms with E-state index >= 15 is 4.39 Å². The van der Waals surface area contributed by atoms with Gasteiger partial charge in [0, 0.05) is 53.4 Å². The molecule has 1 aliphatic rings. The third kappa shape index (κ3) is 3.80. The molecule has 11 heteroatoms. The summed E-state index contributed by atoms with van der Waals surface area (Å²) >= 11 is 0. The fourth-order valence-electron chi connectivity index (χ4n) is 5.59. The molecule has 0 bridgehead atoms. The fraction of sp³-hybridized carbons (Fsp3) is 0.444. The summed E-state index contributed by atoms with van der Waals surface area (Å²) in [5, 5.41) is 23.7. The zero-order valence-electron chi connectivity index (χ0n) is 27.2. The van der Waals surface area contributed by atoms with Gasteiger partial charge in [0.2, 0.25) is 0 Å². The van der Waals surface area contributed by atoms with E-state index in [1.165, 1.54) is 43.1 Å². The average molecular weight is 525 g/mol. The van der Waals surface area contributed by atoms with Crippen LogP contribution in [0.5, 0.6) is 0 Å². The lowest BCUT2D eigenvalue weighted by atomic mass is 9.88. The van der Waals surface area contributed by atoms with E-state index < -0.39 is 31.3 Å². The van der Waals surface area contributed by atoms with Crippen LogP contribution in [0.1, 0.15) is 58.0 Å². The number of fused-ring (bicyclic) bond motifs is 3. The van der Waals surface area contributed by atoms with E-state index in [9.17, 15) is 5.11 Å². The minimum Gasteiger partial charge on any atom is -0.384 e. The van der Waals surface area contributed by atoms with Gasteiger partial charge in [0.15, 0.2) is 0 Å². The zero-order valence-corrected chi connectivity index (χ0v) is 21.2. The molecule has 1 aliphatic heterocycles. The van der Waals surface area contributed by atoms with Crippen molar-refractivity contribution in [2.75, 3.05) is 13.2 Å². The van der Waals surface area contributed by atoms with Gasteiger partial charge in [0.1, 0.15) is 22.5 Å². The molecule has 1 unspecified atom stereocenters. The second-order valence-electron chi connectivity index (χ2n) is 10.2. The summed E-state index contributed by atoms with van der Waals surface area (Å²) in [6.07, 6.45) is 4.04. The molecule has 6 heterocycles. The Bertz CT molecular complexity index is 1860. The molecule has 6 rings (SSSR count). The van der Waals surface area contributed by atoms with Gasteiger partial charge in [-0.1, -0.05) is 5.21 Å². The van der Waals surface area contributed by atoms with Crippen LogP contribution in [0.2, 0.25) is 0 Å². The first-order valence-electron chi connectivity index (χ1n) is 15.3. The standard InChI is InChI=1S/C27H31FN8O2/c1-15-23(34(4)33-31-15)17-13-19-21(30-14-17)22-25(26(27(2,3)37)35(5)32-22)36(19)24(16-8-11-38-12-9-16)20-18(28)7-6-10-29-20/h6-7,10,13-14,16,24,37H,8-9,11-12H2,1-5H3/i1D3,5D3. The van der Waals surface area contributed by atoms with Crippen molar-refractivity contribution in [2.45, 2.75) is 45.2 Å². The molecule has 38 heavy (non-hydrogen) atoms. The normalized spacial score (nSPS) is 19.1. The van der Waals surface area contributed by atoms with Crippen LogP contribution < -0.4 is 0 Å². The Hall–Kier alpha value is -3.70. The summed E-state index contributed by atoms with van der Waals surface area (Å²) in [4.78, 5) is 9.11. The van der Waals surface area contributed by atoms with E-state index in [1.54, 1.807) is 17.7 Å². The number of ether oxygens (including phenoxy) is 1. The van der Waals surface area contributed by atoms with Crippen LogP contribution in [-0.4, -0.2) is 57.6 Å². The lowest BCUT2D eigenvalue weighted by Crippen LogP contribution is -2.29. The van der Waals surface area contributed by atoms with Crippen LogP contribution in [0, 0.1) is 18.6 Å². The minimum atomic E-state index is -2.76. The number of nitrogens with zero attached hydrogens (tertiary/aromatic N) is 8. The van der Waals surface area contributed by atoms with Gasteiger partial charge >= 0.3 is 0 Å². The highest BCUT2D eigenvalue weighted by Crippen LogP contribution is 2.43. The van der Waals surface area contributed by atoms with Crippen molar-refractivity contribution in [2.24, 2.45) is 19.9 Å². The topological polar surface area (TPSA) is 109 Å². The van der Waals surface area contributed by atoms with E-state index in [4.69, 9.17) is 13.0 Å². The summed E-state index contributed by atoms with van der Waals surface area (Å²) in [5.41, 5.74) is -0.0693. The van der Waals surface area contributed by atoms with Gasteiger partial charge in [-0.25, -0.2) is 9.07 Å². The summed E-state index contributed by atoms with van der Waals surface area (Å²) < 4.78 is 73.9. The Kier molecular flexibility index (Phi) is 4.37. The predicted molar refractivity (Wildman–Crippen MR) is 140 cm³/mol. The van der Waals surface area contributed by atoms with Gasteiger partial charge in [-0.15, -0.1) is 5.10 Å². The van der Waals surface area contributed by atoms with Crippen molar-refractivity contribution >= 4 is 22.1 Å². The van der Waals surface area contributed by atoms with E-state index in [-0.39, 0.29) is 45.2 Å². The van der Waals surface area contributed by atoms with Crippen molar-refractivity contribution < 1.29 is 22.5 Å². The van der Waals surface area contributed by atoms with Gasteiger partial charge in [-0.2, -0.15) is 5.10 Å². The number of aryl methyl sites for hydroxylation is 3. The molecule has 5 aromatic heterocycles. The first kappa shape index (κ1) is 18.5. The quantitative estimate of drug-likeness (QED) is 0.372. The minimum absolute atomic E-state index is 0.00849. The van der Waals surface area contributed by atoms with Crippen molar-refractivity contribution in [3.8, 4) is 11.3 Å². The highest BCUT2D eigenvalue weighted by Gasteiger charge is 2.37. The second kappa shape index (κ2) is 8.95. The summed E-state index contributed by atoms with van der Waals surface area (Å²) in [6, 6.07) is 3.70. The number of aliphatic hydroxyl groups is 1. The van der Waals surface area contributed by atoms with E-state index in [1.807, 2.05) is 0 Å². The number of hydrogen-bond donors (Lipinski definition) is 1. The van der Waals surface area contributed by atoms with Crippen molar-refractivity contribution in [1.29, 1.82) is 0 Å². The third-order valence-corrected chi connectivity index (χ3v) is 7.19. The SMILES string of the molecule is [2H]C([2H])([2H])c1nnn(C)c1-c1cnc2c3nn(C([2H])([2H])[2H])c(C(C)(C)O)c3n(C(c3ncccc3F)C3CCOCC3)c2c1. The Labute approximate surface area is 227 Å². The summed E-state index contributed by atoms with van der Waals surface area (Å²) in [7, 11) is 1.57. The van der Waals surface area contributed by atoms with Crippen LogP contribution in [-0.2, 0) is 24.4 Å². The fourth-order valence-corrected chi connectivity index (χ4v) is 5.59. The highest BCUT2D eigenvalue weighted by molar-refractivity contribution is 6.05.